The molecule has 8 heteroatoms. The van der Waals surface area contributed by atoms with E-state index in [1.807, 2.05) is 36.4 Å². The number of hydrogen-bond acceptors (Lipinski definition) is 4. The van der Waals surface area contributed by atoms with Gasteiger partial charge in [0.15, 0.2) is 0 Å². The molecule has 4 saturated carbocycles. The monoisotopic (exact) mass is 468 g/mol. The van der Waals surface area contributed by atoms with Crippen LogP contribution in [0.3, 0.4) is 0 Å². The van der Waals surface area contributed by atoms with E-state index < -0.39 is 30.8 Å². The normalized spacial score (nSPS) is 35.4. The number of benzene rings is 1. The zero-order valence-corrected chi connectivity index (χ0v) is 19.1. The van der Waals surface area contributed by atoms with Gasteiger partial charge in [-0.25, -0.2) is 8.78 Å². The number of nitrogens with zero attached hydrogens (tertiary/aromatic N) is 2. The van der Waals surface area contributed by atoms with Crippen LogP contribution in [0, 0.1) is 23.2 Å². The van der Waals surface area contributed by atoms with Gasteiger partial charge in [-0.3, -0.25) is 9.59 Å². The van der Waals surface area contributed by atoms with Gasteiger partial charge in [0.25, 0.3) is 5.92 Å². The first-order valence-corrected chi connectivity index (χ1v) is 12.1. The number of likely N-dealkylation sites (tertiary alicyclic amines) is 1. The van der Waals surface area contributed by atoms with Gasteiger partial charge in [-0.2, -0.15) is 5.26 Å². The number of carbonyl (C=O) groups is 2. The molecule has 34 heavy (non-hydrogen) atoms. The van der Waals surface area contributed by atoms with Crippen molar-refractivity contribution in [3.63, 3.8) is 0 Å². The van der Waals surface area contributed by atoms with Gasteiger partial charge in [-0.05, 0) is 62.0 Å². The zero-order chi connectivity index (χ0) is 24.0. The van der Waals surface area contributed by atoms with E-state index in [-0.39, 0.29) is 23.5 Å². The Labute approximate surface area is 198 Å². The van der Waals surface area contributed by atoms with Crippen molar-refractivity contribution in [1.82, 2.24) is 15.5 Å². The molecule has 6 rings (SSSR count). The number of amides is 2. The molecule has 0 aromatic heterocycles. The minimum atomic E-state index is -3.02. The van der Waals surface area contributed by atoms with Gasteiger partial charge in [0.05, 0.1) is 19.2 Å². The zero-order valence-electron chi connectivity index (χ0n) is 19.1. The highest BCUT2D eigenvalue weighted by molar-refractivity contribution is 5.92. The second-order valence-electron chi connectivity index (χ2n) is 10.8. The van der Waals surface area contributed by atoms with Crippen LogP contribution in [0.15, 0.2) is 36.4 Å². The summed E-state index contributed by atoms with van der Waals surface area (Å²) in [4.78, 5) is 26.6. The summed E-state index contributed by atoms with van der Waals surface area (Å²) in [7, 11) is 0. The quantitative estimate of drug-likeness (QED) is 0.628. The number of halogens is 2. The Kier molecular flexibility index (Phi) is 5.71. The smallest absolute Gasteiger partial charge is 0.268 e. The largest absolute Gasteiger partial charge is 0.347 e. The summed E-state index contributed by atoms with van der Waals surface area (Å²) in [6.45, 7) is -0.761. The molecule has 5 aliphatic rings. The second kappa shape index (κ2) is 8.46. The molecule has 5 fully saturated rings. The molecule has 4 bridgehead atoms. The summed E-state index contributed by atoms with van der Waals surface area (Å²) in [5.74, 6) is -2.66. The number of hydrogen-bond donors (Lipinski definition) is 2. The Balaban J connectivity index is 1.25. The molecule has 1 saturated heterocycles. The maximum Gasteiger partial charge on any atom is 0.268 e. The van der Waals surface area contributed by atoms with Crippen molar-refractivity contribution in [2.45, 2.75) is 68.0 Å². The van der Waals surface area contributed by atoms with E-state index in [0.29, 0.717) is 11.8 Å². The maximum absolute atomic E-state index is 13.8. The highest BCUT2D eigenvalue weighted by Gasteiger charge is 2.58. The first kappa shape index (κ1) is 23.0. The molecule has 1 aromatic carbocycles. The van der Waals surface area contributed by atoms with Crippen molar-refractivity contribution in [2.75, 3.05) is 13.1 Å². The molecule has 6 nitrogen and oxygen atoms in total. The number of rotatable bonds is 6. The molecule has 2 N–H and O–H groups in total. The maximum atomic E-state index is 13.8. The fourth-order valence-corrected chi connectivity index (χ4v) is 7.21. The lowest BCUT2D eigenvalue weighted by Crippen LogP contribution is -2.69. The topological polar surface area (TPSA) is 85.2 Å². The summed E-state index contributed by atoms with van der Waals surface area (Å²) in [6, 6.07) is 10.4. The molecule has 1 heterocycles. The second-order valence-corrected chi connectivity index (χ2v) is 10.8. The molecule has 4 aliphatic carbocycles. The predicted molar refractivity (Wildman–Crippen MR) is 122 cm³/mol. The molecule has 0 radical (unpaired) electrons. The molecule has 3 atom stereocenters. The van der Waals surface area contributed by atoms with Crippen molar-refractivity contribution in [3.05, 3.63) is 42.0 Å². The van der Waals surface area contributed by atoms with Gasteiger partial charge in [-0.1, -0.05) is 30.3 Å². The van der Waals surface area contributed by atoms with E-state index in [1.165, 1.54) is 0 Å². The van der Waals surface area contributed by atoms with Crippen LogP contribution in [0.4, 0.5) is 8.78 Å². The van der Waals surface area contributed by atoms with E-state index in [4.69, 9.17) is 0 Å². The third kappa shape index (κ3) is 4.58. The fraction of sp³-hybridized carbons (Fsp3) is 0.577. The highest BCUT2D eigenvalue weighted by atomic mass is 19.3. The minimum Gasteiger partial charge on any atom is -0.347 e. The van der Waals surface area contributed by atoms with E-state index in [0.717, 1.165) is 49.0 Å². The van der Waals surface area contributed by atoms with Crippen molar-refractivity contribution < 1.29 is 18.4 Å². The van der Waals surface area contributed by atoms with Gasteiger partial charge < -0.3 is 15.5 Å². The standard InChI is InChI=1S/C26H30F2N4O2/c27-26(28)13-21(14-29)32(17-26)23(34)15-30-24-9-19-8-20(10-24)12-25(11-19,16-24)31-22(33)7-6-18-4-2-1-3-5-18/h1-7,19-21,30H,8-13,15-17H2,(H,31,33)/b7-6+/t19?,20?,21-,24?,25?/m0/s1. The van der Waals surface area contributed by atoms with Crippen LogP contribution in [-0.4, -0.2) is 52.8 Å². The first-order valence-electron chi connectivity index (χ1n) is 12.1. The Morgan fingerprint density at radius 1 is 1.09 bits per heavy atom. The number of nitrogens with one attached hydrogen (secondary N) is 2. The lowest BCUT2D eigenvalue weighted by atomic mass is 9.50. The Morgan fingerprint density at radius 3 is 2.44 bits per heavy atom. The third-order valence-electron chi connectivity index (χ3n) is 8.03. The van der Waals surface area contributed by atoms with Crippen LogP contribution in [0.1, 0.15) is 50.5 Å². The van der Waals surface area contributed by atoms with E-state index in [1.54, 1.807) is 12.2 Å². The van der Waals surface area contributed by atoms with Crippen LogP contribution >= 0.6 is 0 Å². The average molecular weight is 469 g/mol. The summed E-state index contributed by atoms with van der Waals surface area (Å²) in [6.07, 6.45) is 8.34. The van der Waals surface area contributed by atoms with Crippen molar-refractivity contribution in [3.8, 4) is 6.07 Å². The highest BCUT2D eigenvalue weighted by Crippen LogP contribution is 2.57. The number of alkyl halides is 2. The lowest BCUT2D eigenvalue weighted by molar-refractivity contribution is -0.134. The molecular formula is C26H30F2N4O2. The van der Waals surface area contributed by atoms with E-state index >= 15 is 0 Å². The van der Waals surface area contributed by atoms with Gasteiger partial charge >= 0.3 is 0 Å². The number of nitriles is 1. The van der Waals surface area contributed by atoms with Crippen molar-refractivity contribution in [2.24, 2.45) is 11.8 Å². The van der Waals surface area contributed by atoms with Gasteiger partial charge in [0.2, 0.25) is 11.8 Å². The lowest BCUT2D eigenvalue weighted by Gasteiger charge is -2.62. The van der Waals surface area contributed by atoms with Crippen molar-refractivity contribution >= 4 is 17.9 Å². The van der Waals surface area contributed by atoms with Crippen LogP contribution in [0.25, 0.3) is 6.08 Å². The van der Waals surface area contributed by atoms with E-state index in [2.05, 4.69) is 10.6 Å². The van der Waals surface area contributed by atoms with E-state index in [9.17, 15) is 23.6 Å². The molecule has 0 spiro atoms. The Bertz CT molecular complexity index is 1020. The van der Waals surface area contributed by atoms with Gasteiger partial charge in [-0.15, -0.1) is 0 Å². The predicted octanol–water partition coefficient (Wildman–Crippen LogP) is 3.26. The van der Waals surface area contributed by atoms with Gasteiger partial charge in [0.1, 0.15) is 6.04 Å². The molecule has 2 unspecified atom stereocenters. The minimum absolute atomic E-state index is 0.0639. The van der Waals surface area contributed by atoms with Crippen LogP contribution in [0.5, 0.6) is 0 Å². The molecule has 1 aromatic rings. The average Bonchev–Trinajstić information content (AvgIpc) is 3.10. The van der Waals surface area contributed by atoms with Crippen LogP contribution in [-0.2, 0) is 9.59 Å². The Morgan fingerprint density at radius 2 is 1.76 bits per heavy atom. The molecule has 2 amide bonds. The Hall–Kier alpha value is -2.79. The molecular weight excluding hydrogens is 438 g/mol. The van der Waals surface area contributed by atoms with Crippen LogP contribution in [0.2, 0.25) is 0 Å². The van der Waals surface area contributed by atoms with Gasteiger partial charge in [0, 0.05) is 23.6 Å². The summed E-state index contributed by atoms with van der Waals surface area (Å²) in [5, 5.41) is 15.9. The third-order valence-corrected chi connectivity index (χ3v) is 8.03. The SMILES string of the molecule is N#C[C@@H]1CC(F)(F)CN1C(=O)CNC12CC3CC(C1)CC(NC(=O)/C=C/c1ccccc1)(C3)C2. The summed E-state index contributed by atoms with van der Waals surface area (Å²) >= 11 is 0. The fourth-order valence-electron chi connectivity index (χ4n) is 7.21. The first-order chi connectivity index (χ1) is 16.2. The molecule has 180 valence electrons. The van der Waals surface area contributed by atoms with Crippen LogP contribution < -0.4 is 10.6 Å². The summed E-state index contributed by atoms with van der Waals surface area (Å²) in [5.41, 5.74) is 0.359. The van der Waals surface area contributed by atoms with Crippen molar-refractivity contribution in [1.29, 1.82) is 5.26 Å². The number of carbonyl (C=O) groups excluding carboxylic acids is 2. The summed E-state index contributed by atoms with van der Waals surface area (Å²) < 4.78 is 27.6. The molecule has 1 aliphatic heterocycles.